The smallest absolute Gasteiger partial charge is 0.337 e. The third-order valence-corrected chi connectivity index (χ3v) is 5.28. The average Bonchev–Trinajstić information content (AvgIpc) is 2.91. The maximum atomic E-state index is 11.1. The van der Waals surface area contributed by atoms with E-state index < -0.39 is 11.9 Å². The van der Waals surface area contributed by atoms with Crippen LogP contribution in [0.5, 0.6) is 11.5 Å². The van der Waals surface area contributed by atoms with E-state index >= 15 is 0 Å². The van der Waals surface area contributed by atoms with Crippen LogP contribution in [-0.4, -0.2) is 45.8 Å². The fraction of sp³-hybridized carbons (Fsp3) is 0.241. The number of carboxylic acids is 2. The summed E-state index contributed by atoms with van der Waals surface area (Å²) < 4.78 is 11.1. The van der Waals surface area contributed by atoms with E-state index in [9.17, 15) is 9.59 Å². The van der Waals surface area contributed by atoms with Gasteiger partial charge in [0.1, 0.15) is 17.2 Å². The van der Waals surface area contributed by atoms with E-state index in [1.807, 2.05) is 24.3 Å². The Balaban J connectivity index is 1.56. The van der Waals surface area contributed by atoms with Crippen molar-refractivity contribution in [2.24, 2.45) is 0 Å². The summed E-state index contributed by atoms with van der Waals surface area (Å²) in [5, 5.41) is 18.2. The van der Waals surface area contributed by atoms with Gasteiger partial charge >= 0.3 is 11.9 Å². The molecule has 0 unspecified atom stereocenters. The first-order chi connectivity index (χ1) is 17.9. The predicted octanol–water partition coefficient (Wildman–Crippen LogP) is 4.86. The zero-order valence-electron chi connectivity index (χ0n) is 20.5. The number of aryl methyl sites for hydroxylation is 1. The van der Waals surface area contributed by atoms with Gasteiger partial charge in [-0.2, -0.15) is 0 Å². The number of aromatic carboxylic acids is 1. The van der Waals surface area contributed by atoms with E-state index in [1.165, 1.54) is 18.5 Å². The Hall–Kier alpha value is -4.64. The zero-order valence-corrected chi connectivity index (χ0v) is 20.5. The first kappa shape index (κ1) is 27.0. The molecule has 2 heterocycles. The lowest BCUT2D eigenvalue weighted by molar-refractivity contribution is -0.136. The molecule has 37 heavy (non-hydrogen) atoms. The van der Waals surface area contributed by atoms with Crippen LogP contribution < -0.4 is 9.47 Å². The van der Waals surface area contributed by atoms with Gasteiger partial charge in [0.2, 0.25) is 0 Å². The van der Waals surface area contributed by atoms with Crippen LogP contribution in [0.2, 0.25) is 0 Å². The molecular formula is C29H28N2O6. The van der Waals surface area contributed by atoms with Crippen LogP contribution in [0.4, 0.5) is 0 Å². The average molecular weight is 501 g/mol. The molecule has 0 aliphatic carbocycles. The van der Waals surface area contributed by atoms with Crippen molar-refractivity contribution in [1.82, 2.24) is 9.97 Å². The van der Waals surface area contributed by atoms with E-state index in [1.54, 1.807) is 19.2 Å². The fourth-order valence-corrected chi connectivity index (χ4v) is 3.34. The maximum Gasteiger partial charge on any atom is 0.337 e. The second-order valence-electron chi connectivity index (χ2n) is 8.07. The number of carbonyl (C=O) groups is 2. The molecule has 8 heteroatoms. The zero-order chi connectivity index (χ0) is 26.5. The quantitative estimate of drug-likeness (QED) is 0.267. The highest BCUT2D eigenvalue weighted by Crippen LogP contribution is 2.20. The number of aromatic nitrogens is 2. The second kappa shape index (κ2) is 14.0. The molecule has 8 nitrogen and oxygen atoms in total. The number of hydrogen-bond acceptors (Lipinski definition) is 6. The Kier molecular flexibility index (Phi) is 10.2. The van der Waals surface area contributed by atoms with Gasteiger partial charge in [0.05, 0.1) is 31.4 Å². The van der Waals surface area contributed by atoms with Crippen molar-refractivity contribution < 1.29 is 29.3 Å². The minimum absolute atomic E-state index is 0.0434. The Morgan fingerprint density at radius 1 is 1.03 bits per heavy atom. The third kappa shape index (κ3) is 9.15. The number of methoxy groups -OCH3 is 1. The highest BCUT2D eigenvalue weighted by Gasteiger charge is 2.09. The first-order valence-corrected chi connectivity index (χ1v) is 11.8. The van der Waals surface area contributed by atoms with Crippen molar-refractivity contribution in [2.45, 2.75) is 32.1 Å². The van der Waals surface area contributed by atoms with Gasteiger partial charge in [0.15, 0.2) is 0 Å². The highest BCUT2D eigenvalue weighted by atomic mass is 16.5. The summed E-state index contributed by atoms with van der Waals surface area (Å²) >= 11 is 0. The molecule has 0 bridgehead atoms. The summed E-state index contributed by atoms with van der Waals surface area (Å²) in [5.41, 5.74) is 2.54. The van der Waals surface area contributed by atoms with E-state index in [4.69, 9.17) is 19.7 Å². The Morgan fingerprint density at radius 3 is 2.57 bits per heavy atom. The lowest BCUT2D eigenvalue weighted by atomic mass is 10.1. The number of carboxylic acid groups (broad SMARTS) is 2. The Morgan fingerprint density at radius 2 is 1.84 bits per heavy atom. The van der Waals surface area contributed by atoms with Crippen molar-refractivity contribution in [1.29, 1.82) is 0 Å². The van der Waals surface area contributed by atoms with Crippen LogP contribution in [-0.2, 0) is 11.2 Å². The summed E-state index contributed by atoms with van der Waals surface area (Å²) in [6.45, 7) is 0.483. The standard InChI is InChI=1S/C29H28N2O6/c1-36-25-12-8-21(9-13-25)6-4-2-3-5-17-37-27-15-11-24(31-26(27)14-16-28(32)33)10-7-22-18-23(29(34)35)20-30-19-22/h4,6,8-9,11-13,15,18-20H,2-3,5,14,16-17H2,1H3,(H,32,33)(H,34,35). The number of aliphatic carboxylic acids is 1. The first-order valence-electron chi connectivity index (χ1n) is 11.8. The van der Waals surface area contributed by atoms with Gasteiger partial charge in [-0.1, -0.05) is 30.2 Å². The molecule has 2 aromatic heterocycles. The van der Waals surface area contributed by atoms with Gasteiger partial charge < -0.3 is 19.7 Å². The Labute approximate surface area is 215 Å². The van der Waals surface area contributed by atoms with Crippen molar-refractivity contribution in [2.75, 3.05) is 13.7 Å². The summed E-state index contributed by atoms with van der Waals surface area (Å²) in [6, 6.07) is 12.7. The fourth-order valence-electron chi connectivity index (χ4n) is 3.34. The summed E-state index contributed by atoms with van der Waals surface area (Å²) in [6.07, 6.45) is 9.72. The van der Waals surface area contributed by atoms with Crippen molar-refractivity contribution in [3.05, 3.63) is 89.0 Å². The van der Waals surface area contributed by atoms with E-state index in [0.29, 0.717) is 29.3 Å². The lowest BCUT2D eigenvalue weighted by Gasteiger charge is -2.10. The number of unbranched alkanes of at least 4 members (excludes halogenated alkanes) is 2. The molecule has 0 spiro atoms. The summed E-state index contributed by atoms with van der Waals surface area (Å²) in [4.78, 5) is 30.6. The van der Waals surface area contributed by atoms with E-state index in [-0.39, 0.29) is 18.4 Å². The molecule has 0 aliphatic rings. The van der Waals surface area contributed by atoms with E-state index in [2.05, 4.69) is 34.0 Å². The minimum Gasteiger partial charge on any atom is -0.497 e. The molecule has 3 rings (SSSR count). The van der Waals surface area contributed by atoms with Gasteiger partial charge in [-0.25, -0.2) is 9.78 Å². The summed E-state index contributed by atoms with van der Waals surface area (Å²) in [7, 11) is 1.64. The third-order valence-electron chi connectivity index (χ3n) is 5.28. The number of benzene rings is 1. The van der Waals surface area contributed by atoms with Crippen LogP contribution >= 0.6 is 0 Å². The maximum absolute atomic E-state index is 11.1. The van der Waals surface area contributed by atoms with Crippen LogP contribution in [0.25, 0.3) is 6.08 Å². The molecule has 0 amide bonds. The van der Waals surface area contributed by atoms with Crippen LogP contribution in [0.15, 0.2) is 60.9 Å². The molecule has 0 aliphatic heterocycles. The predicted molar refractivity (Wildman–Crippen MR) is 139 cm³/mol. The van der Waals surface area contributed by atoms with Crippen LogP contribution in [0, 0.1) is 11.8 Å². The van der Waals surface area contributed by atoms with Crippen LogP contribution in [0.3, 0.4) is 0 Å². The lowest BCUT2D eigenvalue weighted by Crippen LogP contribution is -2.05. The number of hydrogen-bond donors (Lipinski definition) is 2. The van der Waals surface area contributed by atoms with Crippen LogP contribution in [0.1, 0.15) is 58.6 Å². The SMILES string of the molecule is COc1ccc(C=CCCCCOc2ccc(C#Cc3cncc(C(=O)O)c3)nc2CCC(=O)O)cc1. The molecule has 3 aromatic rings. The molecule has 190 valence electrons. The molecule has 0 atom stereocenters. The normalized spacial score (nSPS) is 10.5. The number of nitrogens with zero attached hydrogens (tertiary/aromatic N) is 2. The van der Waals surface area contributed by atoms with Crippen molar-refractivity contribution >= 4 is 18.0 Å². The molecule has 0 fully saturated rings. The molecular weight excluding hydrogens is 472 g/mol. The molecule has 0 radical (unpaired) electrons. The van der Waals surface area contributed by atoms with E-state index in [0.717, 1.165) is 30.6 Å². The van der Waals surface area contributed by atoms with Crippen molar-refractivity contribution in [3.63, 3.8) is 0 Å². The summed E-state index contributed by atoms with van der Waals surface area (Å²) in [5.74, 6) is 5.09. The molecule has 0 saturated heterocycles. The molecule has 0 saturated carbocycles. The monoisotopic (exact) mass is 500 g/mol. The Bertz CT molecular complexity index is 1310. The topological polar surface area (TPSA) is 119 Å². The second-order valence-corrected chi connectivity index (χ2v) is 8.07. The van der Waals surface area contributed by atoms with Gasteiger partial charge in [0, 0.05) is 24.4 Å². The molecule has 1 aromatic carbocycles. The number of pyridine rings is 2. The number of allylic oxidation sites excluding steroid dienone is 1. The minimum atomic E-state index is -1.08. The largest absolute Gasteiger partial charge is 0.497 e. The van der Waals surface area contributed by atoms with Gasteiger partial charge in [-0.3, -0.25) is 9.78 Å². The van der Waals surface area contributed by atoms with Crippen molar-refractivity contribution in [3.8, 4) is 23.3 Å². The van der Waals surface area contributed by atoms with Gasteiger partial charge in [0.25, 0.3) is 0 Å². The highest BCUT2D eigenvalue weighted by molar-refractivity contribution is 5.87. The molecule has 2 N–H and O–H groups in total. The van der Waals surface area contributed by atoms with Gasteiger partial charge in [-0.05, 0) is 61.1 Å². The van der Waals surface area contributed by atoms with Gasteiger partial charge in [-0.15, -0.1) is 0 Å². The number of rotatable bonds is 12. The number of ether oxygens (including phenoxy) is 2.